The number of esters is 1. The van der Waals surface area contributed by atoms with Gasteiger partial charge in [-0.3, -0.25) is 4.79 Å². The number of carbonyl (C=O) groups is 1. The second-order valence-electron chi connectivity index (χ2n) is 14.0. The van der Waals surface area contributed by atoms with Crippen molar-refractivity contribution < 1.29 is 36.5 Å². The SMILES string of the molecule is CCCCCCCCCCCCCCCCCCOC[C@@H]1CO[C@@H](COC(=O)CCCCC[n+]2ccsc2)C1.Cc1ccc(S(=O)(=O)[O-])cc1. The summed E-state index contributed by atoms with van der Waals surface area (Å²) in [5.74, 6) is 0.342. The average Bonchev–Trinajstić information content (AvgIpc) is 3.79. The number of unbranched alkanes of at least 4 members (excludes halogenated alkanes) is 17. The molecule has 3 rings (SSSR count). The molecule has 0 aliphatic carbocycles. The number of carbonyl (C=O) groups excluding carboxylic acids is 1. The first-order valence-corrected chi connectivity index (χ1v) is 21.9. The van der Waals surface area contributed by atoms with Crippen molar-refractivity contribution in [1.82, 2.24) is 0 Å². The lowest BCUT2D eigenvalue weighted by Crippen LogP contribution is -2.29. The molecule has 0 amide bonds. The first kappa shape index (κ1) is 44.3. The molecule has 286 valence electrons. The number of thiazole rings is 1. The zero-order chi connectivity index (χ0) is 36.1. The number of aromatic nitrogens is 1. The fourth-order valence-corrected chi connectivity index (χ4v) is 7.21. The van der Waals surface area contributed by atoms with Crippen molar-refractivity contribution in [3.8, 4) is 0 Å². The molecule has 1 aromatic heterocycles. The second-order valence-corrected chi connectivity index (χ2v) is 16.1. The lowest BCUT2D eigenvalue weighted by atomic mass is 10.0. The van der Waals surface area contributed by atoms with E-state index in [2.05, 4.69) is 28.6 Å². The van der Waals surface area contributed by atoms with Crippen LogP contribution in [0.2, 0.25) is 0 Å². The Labute approximate surface area is 308 Å². The minimum atomic E-state index is -4.27. The second kappa shape index (κ2) is 28.7. The third-order valence-electron chi connectivity index (χ3n) is 9.22. The molecule has 50 heavy (non-hydrogen) atoms. The molecule has 1 fully saturated rings. The Kier molecular flexibility index (Phi) is 25.4. The molecular formula is C40H67NO7S2. The van der Waals surface area contributed by atoms with Crippen molar-refractivity contribution in [2.45, 2.75) is 166 Å². The van der Waals surface area contributed by atoms with Gasteiger partial charge in [0, 0.05) is 25.4 Å². The van der Waals surface area contributed by atoms with Gasteiger partial charge >= 0.3 is 5.97 Å². The molecule has 10 heteroatoms. The van der Waals surface area contributed by atoms with Gasteiger partial charge in [-0.15, -0.1) is 0 Å². The van der Waals surface area contributed by atoms with Crippen molar-refractivity contribution in [2.75, 3.05) is 26.4 Å². The molecule has 1 aromatic carbocycles. The molecule has 2 aromatic rings. The lowest BCUT2D eigenvalue weighted by molar-refractivity contribution is -0.692. The Balaban J connectivity index is 0.000000666. The minimum absolute atomic E-state index is 0.0353. The number of aryl methyl sites for hydroxylation is 2. The third kappa shape index (κ3) is 23.6. The van der Waals surface area contributed by atoms with E-state index in [1.165, 1.54) is 115 Å². The number of benzene rings is 1. The molecule has 0 spiro atoms. The summed E-state index contributed by atoms with van der Waals surface area (Å²) in [6, 6.07) is 5.78. The zero-order valence-corrected chi connectivity index (χ0v) is 32.8. The number of rotatable bonds is 28. The standard InChI is InChI=1S/C33H60NO4S.C7H8O3S/c1-2-3-4-5-6-7-8-9-10-11-12-13-14-15-16-20-24-36-27-31-26-32(37-28-31)29-38-33(35)21-18-17-19-22-34-23-25-39-30-34;1-6-2-4-7(5-3-6)11(8,9)10/h23,25,30-32H,2-22,24,26-29H2,1H3;2-5H,1H3,(H,8,9,10)/q+1;/p-1/t31-,32-;/m1./s1. The predicted octanol–water partition coefficient (Wildman–Crippen LogP) is 9.72. The Bertz CT molecular complexity index is 1190. The van der Waals surface area contributed by atoms with Gasteiger partial charge in [-0.05, 0) is 44.7 Å². The number of hydrogen-bond donors (Lipinski definition) is 0. The molecule has 2 atom stereocenters. The van der Waals surface area contributed by atoms with Crippen LogP contribution in [0.3, 0.4) is 0 Å². The highest BCUT2D eigenvalue weighted by molar-refractivity contribution is 7.85. The van der Waals surface area contributed by atoms with Gasteiger partial charge in [0.1, 0.15) is 23.3 Å². The highest BCUT2D eigenvalue weighted by Crippen LogP contribution is 2.21. The van der Waals surface area contributed by atoms with Gasteiger partial charge in [-0.2, -0.15) is 4.57 Å². The van der Waals surface area contributed by atoms with Gasteiger partial charge in [0.15, 0.2) is 6.20 Å². The molecule has 0 N–H and O–H groups in total. The normalized spacial score (nSPS) is 15.9. The summed E-state index contributed by atoms with van der Waals surface area (Å²) in [4.78, 5) is 11.8. The third-order valence-corrected chi connectivity index (χ3v) is 10.7. The molecule has 1 aliphatic heterocycles. The molecule has 2 heterocycles. The lowest BCUT2D eigenvalue weighted by Gasteiger charge is -2.11. The van der Waals surface area contributed by atoms with Crippen LogP contribution in [0.25, 0.3) is 0 Å². The molecule has 1 aliphatic rings. The number of hydrogen-bond acceptors (Lipinski definition) is 8. The monoisotopic (exact) mass is 737 g/mol. The summed E-state index contributed by atoms with van der Waals surface area (Å²) in [6.07, 6.45) is 28.9. The Morgan fingerprint density at radius 3 is 1.98 bits per heavy atom. The molecular weight excluding hydrogens is 671 g/mol. The van der Waals surface area contributed by atoms with E-state index in [0.717, 1.165) is 57.6 Å². The summed E-state index contributed by atoms with van der Waals surface area (Å²) in [6.45, 7) is 7.88. The van der Waals surface area contributed by atoms with Gasteiger partial charge in [-0.1, -0.05) is 132 Å². The van der Waals surface area contributed by atoms with E-state index in [0.29, 0.717) is 18.9 Å². The van der Waals surface area contributed by atoms with Gasteiger partial charge in [0.05, 0.1) is 29.6 Å². The quantitative estimate of drug-likeness (QED) is 0.0371. The van der Waals surface area contributed by atoms with Crippen molar-refractivity contribution in [3.05, 3.63) is 46.9 Å². The number of nitrogens with zero attached hydrogens (tertiary/aromatic N) is 1. The zero-order valence-electron chi connectivity index (χ0n) is 31.2. The van der Waals surface area contributed by atoms with Gasteiger partial charge in [-0.25, -0.2) is 8.42 Å². The van der Waals surface area contributed by atoms with Crippen molar-refractivity contribution in [3.63, 3.8) is 0 Å². The van der Waals surface area contributed by atoms with E-state index < -0.39 is 10.1 Å². The maximum absolute atomic E-state index is 12.0. The highest BCUT2D eigenvalue weighted by atomic mass is 32.2. The molecule has 1 saturated heterocycles. The molecule has 0 bridgehead atoms. The van der Waals surface area contributed by atoms with Crippen molar-refractivity contribution in [1.29, 1.82) is 0 Å². The molecule has 0 saturated carbocycles. The van der Waals surface area contributed by atoms with Gasteiger partial charge < -0.3 is 18.8 Å². The predicted molar refractivity (Wildman–Crippen MR) is 201 cm³/mol. The highest BCUT2D eigenvalue weighted by Gasteiger charge is 2.26. The largest absolute Gasteiger partial charge is 0.744 e. The summed E-state index contributed by atoms with van der Waals surface area (Å²) >= 11 is 1.71. The Hall–Kier alpha value is -1.85. The van der Waals surface area contributed by atoms with Gasteiger partial charge in [0.25, 0.3) is 0 Å². The Morgan fingerprint density at radius 2 is 1.42 bits per heavy atom. The summed E-state index contributed by atoms with van der Waals surface area (Å²) in [7, 11) is -4.27. The van der Waals surface area contributed by atoms with E-state index in [-0.39, 0.29) is 17.0 Å². The fourth-order valence-electron chi connectivity index (χ4n) is 6.11. The fraction of sp³-hybridized carbons (Fsp3) is 0.750. The van der Waals surface area contributed by atoms with Crippen LogP contribution in [0.15, 0.2) is 46.2 Å². The van der Waals surface area contributed by atoms with Crippen molar-refractivity contribution in [2.24, 2.45) is 5.92 Å². The maximum Gasteiger partial charge on any atom is 0.305 e. The summed E-state index contributed by atoms with van der Waals surface area (Å²) in [5.41, 5.74) is 3.05. The smallest absolute Gasteiger partial charge is 0.305 e. The first-order chi connectivity index (χ1) is 24.3. The van der Waals surface area contributed by atoms with E-state index in [4.69, 9.17) is 14.2 Å². The molecule has 8 nitrogen and oxygen atoms in total. The van der Waals surface area contributed by atoms with Crippen LogP contribution in [0, 0.1) is 12.8 Å². The summed E-state index contributed by atoms with van der Waals surface area (Å²) < 4.78 is 50.6. The first-order valence-electron chi connectivity index (χ1n) is 19.6. The van der Waals surface area contributed by atoms with E-state index in [1.807, 2.05) is 6.92 Å². The van der Waals surface area contributed by atoms with Crippen molar-refractivity contribution >= 4 is 27.4 Å². The van der Waals surface area contributed by atoms with Crippen LogP contribution in [0.5, 0.6) is 0 Å². The summed E-state index contributed by atoms with van der Waals surface area (Å²) in [5, 5.41) is 2.08. The van der Waals surface area contributed by atoms with Gasteiger partial charge in [0.2, 0.25) is 5.51 Å². The van der Waals surface area contributed by atoms with Crippen LogP contribution in [-0.4, -0.2) is 51.5 Å². The van der Waals surface area contributed by atoms with Crippen LogP contribution in [-0.2, 0) is 35.7 Å². The average molecular weight is 738 g/mol. The molecule has 0 radical (unpaired) electrons. The van der Waals surface area contributed by atoms with Crippen LogP contribution in [0.1, 0.15) is 147 Å². The number of ether oxygens (including phenoxy) is 3. The van der Waals surface area contributed by atoms with Crippen LogP contribution < -0.4 is 4.57 Å². The Morgan fingerprint density at radius 1 is 0.840 bits per heavy atom. The topological polar surface area (TPSA) is 106 Å². The van der Waals surface area contributed by atoms with E-state index in [9.17, 15) is 17.8 Å². The van der Waals surface area contributed by atoms with E-state index in [1.54, 1.807) is 23.5 Å². The van der Waals surface area contributed by atoms with Crippen LogP contribution >= 0.6 is 11.3 Å². The molecule has 0 unspecified atom stereocenters. The minimum Gasteiger partial charge on any atom is -0.744 e. The van der Waals surface area contributed by atoms with E-state index >= 15 is 0 Å². The maximum atomic E-state index is 12.0. The van der Waals surface area contributed by atoms with Crippen LogP contribution in [0.4, 0.5) is 0 Å².